The molecule has 2 atom stereocenters. The summed E-state index contributed by atoms with van der Waals surface area (Å²) in [5.41, 5.74) is 0.953. The molecular formula is C11H18BNO3. The lowest BCUT2D eigenvalue weighted by molar-refractivity contribution is -0.151. The van der Waals surface area contributed by atoms with Gasteiger partial charge in [0, 0.05) is 0 Å². The summed E-state index contributed by atoms with van der Waals surface area (Å²) < 4.78 is 4.97. The summed E-state index contributed by atoms with van der Waals surface area (Å²) in [5, 5.41) is 2.75. The summed E-state index contributed by atoms with van der Waals surface area (Å²) in [5.74, 6) is -0.998. The maximum Gasteiger partial charge on any atom is 0.310 e. The number of hydrogen-bond donors (Lipinski definition) is 1. The zero-order chi connectivity index (χ0) is 12.1. The van der Waals surface area contributed by atoms with Crippen LogP contribution in [0.15, 0.2) is 12.2 Å². The van der Waals surface area contributed by atoms with Gasteiger partial charge in [0.05, 0.1) is 18.4 Å². The molecular weight excluding hydrogens is 205 g/mol. The lowest BCUT2D eigenvalue weighted by Crippen LogP contribution is -2.36. The standard InChI is InChI=1S/C11H18BNO3/c1-4-16-11(15)9-6-7(2)5-8(9)10(14)13-12-3/h8-9,12H,2,4-6H2,1,3H3,(H,13,14)/t8-,9-/m0/s1. The molecule has 0 radical (unpaired) electrons. The Morgan fingerprint density at radius 3 is 2.69 bits per heavy atom. The van der Waals surface area contributed by atoms with Crippen LogP contribution in [0.3, 0.4) is 0 Å². The van der Waals surface area contributed by atoms with Gasteiger partial charge < -0.3 is 9.96 Å². The Labute approximate surface area is 96.7 Å². The van der Waals surface area contributed by atoms with Crippen molar-refractivity contribution in [2.45, 2.75) is 26.6 Å². The van der Waals surface area contributed by atoms with E-state index < -0.39 is 0 Å². The number of hydrogen-bond acceptors (Lipinski definition) is 3. The Hall–Kier alpha value is -1.26. The molecule has 0 aliphatic heterocycles. The zero-order valence-electron chi connectivity index (χ0n) is 9.91. The van der Waals surface area contributed by atoms with Crippen molar-refractivity contribution in [2.75, 3.05) is 6.61 Å². The van der Waals surface area contributed by atoms with Gasteiger partial charge in [-0.3, -0.25) is 9.59 Å². The number of esters is 1. The molecule has 1 rings (SSSR count). The quantitative estimate of drug-likeness (QED) is 0.432. The van der Waals surface area contributed by atoms with Crippen LogP contribution < -0.4 is 5.23 Å². The molecule has 0 unspecified atom stereocenters. The Morgan fingerprint density at radius 2 is 2.12 bits per heavy atom. The maximum absolute atomic E-state index is 11.7. The molecule has 1 aliphatic rings. The fourth-order valence-corrected chi connectivity index (χ4v) is 2.07. The van der Waals surface area contributed by atoms with Crippen molar-refractivity contribution in [1.29, 1.82) is 0 Å². The molecule has 0 bridgehead atoms. The first-order valence-corrected chi connectivity index (χ1v) is 5.71. The fraction of sp³-hybridized carbons (Fsp3) is 0.636. The van der Waals surface area contributed by atoms with Crippen molar-refractivity contribution in [3.8, 4) is 0 Å². The topological polar surface area (TPSA) is 55.4 Å². The van der Waals surface area contributed by atoms with Gasteiger partial charge in [-0.2, -0.15) is 0 Å². The van der Waals surface area contributed by atoms with Gasteiger partial charge in [-0.15, -0.1) is 0 Å². The third-order valence-corrected chi connectivity index (χ3v) is 2.78. The predicted molar refractivity (Wildman–Crippen MR) is 63.1 cm³/mol. The average Bonchev–Trinajstić information content (AvgIpc) is 2.61. The normalized spacial score (nSPS) is 24.0. The molecule has 5 heteroatoms. The molecule has 0 aromatic rings. The molecule has 1 fully saturated rings. The van der Waals surface area contributed by atoms with Gasteiger partial charge in [-0.05, 0) is 19.8 Å². The van der Waals surface area contributed by atoms with Gasteiger partial charge in [0.1, 0.15) is 0 Å². The Morgan fingerprint density at radius 1 is 1.50 bits per heavy atom. The van der Waals surface area contributed by atoms with Crippen LogP contribution >= 0.6 is 0 Å². The zero-order valence-corrected chi connectivity index (χ0v) is 9.91. The van der Waals surface area contributed by atoms with Crippen LogP contribution in [-0.2, 0) is 14.3 Å². The lowest BCUT2D eigenvalue weighted by atomic mass is 9.91. The number of rotatable bonds is 4. The monoisotopic (exact) mass is 223 g/mol. The molecule has 4 nitrogen and oxygen atoms in total. The largest absolute Gasteiger partial charge is 0.466 e. The molecule has 0 aromatic carbocycles. The molecule has 1 saturated carbocycles. The first-order chi connectivity index (χ1) is 7.60. The Balaban J connectivity index is 2.69. The Bertz CT molecular complexity index is 276. The fourth-order valence-electron chi connectivity index (χ4n) is 2.07. The average molecular weight is 223 g/mol. The molecule has 1 N–H and O–H groups in total. The van der Waals surface area contributed by atoms with Crippen LogP contribution in [0.2, 0.25) is 6.82 Å². The van der Waals surface area contributed by atoms with Crippen LogP contribution in [0, 0.1) is 11.8 Å². The number of allylic oxidation sites excluding steroid dienone is 1. The lowest BCUT2D eigenvalue weighted by Gasteiger charge is -2.16. The van der Waals surface area contributed by atoms with Crippen LogP contribution in [0.4, 0.5) is 0 Å². The van der Waals surface area contributed by atoms with Gasteiger partial charge in [0.15, 0.2) is 0 Å². The summed E-state index contributed by atoms with van der Waals surface area (Å²) in [4.78, 5) is 23.4. The summed E-state index contributed by atoms with van der Waals surface area (Å²) in [6.45, 7) is 7.83. The van der Waals surface area contributed by atoms with E-state index in [1.807, 2.05) is 6.82 Å². The molecule has 0 spiro atoms. The highest BCUT2D eigenvalue weighted by Gasteiger charge is 2.40. The van der Waals surface area contributed by atoms with E-state index in [1.165, 1.54) is 0 Å². The molecule has 16 heavy (non-hydrogen) atoms. The predicted octanol–water partition coefficient (Wildman–Crippen LogP) is 0.648. The van der Waals surface area contributed by atoms with Crippen LogP contribution in [-0.4, -0.2) is 25.9 Å². The van der Waals surface area contributed by atoms with Crippen molar-refractivity contribution in [1.82, 2.24) is 5.23 Å². The van der Waals surface area contributed by atoms with Gasteiger partial charge in [0.2, 0.25) is 13.3 Å². The highest BCUT2D eigenvalue weighted by atomic mass is 16.5. The second-order valence-corrected chi connectivity index (χ2v) is 4.02. The SMILES string of the molecule is C=C1C[C@H](C(=O)NBC)[C@@H](C(=O)OCC)C1. The van der Waals surface area contributed by atoms with Crippen molar-refractivity contribution >= 4 is 19.3 Å². The second kappa shape index (κ2) is 5.73. The second-order valence-electron chi connectivity index (χ2n) is 4.02. The summed E-state index contributed by atoms with van der Waals surface area (Å²) in [7, 11) is 0.581. The van der Waals surface area contributed by atoms with Gasteiger partial charge in [-0.1, -0.05) is 19.0 Å². The molecule has 1 aliphatic carbocycles. The summed E-state index contributed by atoms with van der Waals surface area (Å²) in [6.07, 6.45) is 1.16. The van der Waals surface area contributed by atoms with Crippen LogP contribution in [0.5, 0.6) is 0 Å². The number of carbonyl (C=O) groups is 2. The van der Waals surface area contributed by atoms with Crippen LogP contribution in [0.1, 0.15) is 19.8 Å². The first-order valence-electron chi connectivity index (χ1n) is 5.71. The number of carbonyl (C=O) groups excluding carboxylic acids is 2. The molecule has 0 saturated heterocycles. The van der Waals surface area contributed by atoms with Crippen molar-refractivity contribution in [3.05, 3.63) is 12.2 Å². The summed E-state index contributed by atoms with van der Waals surface area (Å²) >= 11 is 0. The van der Waals surface area contributed by atoms with Gasteiger partial charge in [0.25, 0.3) is 0 Å². The van der Waals surface area contributed by atoms with E-state index in [4.69, 9.17) is 4.74 Å². The number of amides is 1. The third-order valence-electron chi connectivity index (χ3n) is 2.78. The minimum absolute atomic E-state index is 0.0702. The molecule has 0 aromatic heterocycles. The van der Waals surface area contributed by atoms with E-state index >= 15 is 0 Å². The van der Waals surface area contributed by atoms with E-state index in [-0.39, 0.29) is 23.7 Å². The van der Waals surface area contributed by atoms with Crippen molar-refractivity contribution in [3.63, 3.8) is 0 Å². The molecule has 88 valence electrons. The smallest absolute Gasteiger partial charge is 0.310 e. The van der Waals surface area contributed by atoms with Crippen molar-refractivity contribution in [2.24, 2.45) is 11.8 Å². The third kappa shape index (κ3) is 2.87. The maximum atomic E-state index is 11.7. The van der Waals surface area contributed by atoms with Crippen LogP contribution in [0.25, 0.3) is 0 Å². The number of nitrogens with one attached hydrogen (secondary N) is 1. The first kappa shape index (κ1) is 12.8. The minimum Gasteiger partial charge on any atom is -0.466 e. The summed E-state index contributed by atoms with van der Waals surface area (Å²) in [6, 6.07) is 0. The van der Waals surface area contributed by atoms with E-state index in [2.05, 4.69) is 11.8 Å². The highest BCUT2D eigenvalue weighted by Crippen LogP contribution is 2.35. The molecule has 1 amide bonds. The van der Waals surface area contributed by atoms with Crippen molar-refractivity contribution < 1.29 is 14.3 Å². The molecule has 0 heterocycles. The van der Waals surface area contributed by atoms with E-state index in [1.54, 1.807) is 6.92 Å². The van der Waals surface area contributed by atoms with E-state index in [0.717, 1.165) is 5.57 Å². The minimum atomic E-state index is -0.348. The van der Waals surface area contributed by atoms with E-state index in [9.17, 15) is 9.59 Å². The Kier molecular flexibility index (Phi) is 4.59. The van der Waals surface area contributed by atoms with E-state index in [0.29, 0.717) is 26.9 Å². The van der Waals surface area contributed by atoms with Gasteiger partial charge >= 0.3 is 5.97 Å². The van der Waals surface area contributed by atoms with Gasteiger partial charge in [-0.25, -0.2) is 0 Å². The number of ether oxygens (including phenoxy) is 1. The highest BCUT2D eigenvalue weighted by molar-refractivity contribution is 6.35.